The van der Waals surface area contributed by atoms with Crippen molar-refractivity contribution >= 4 is 0 Å². The highest BCUT2D eigenvalue weighted by molar-refractivity contribution is 5.15. The van der Waals surface area contributed by atoms with Crippen molar-refractivity contribution in [2.75, 3.05) is 7.05 Å². The maximum atomic E-state index is 13.0. The molecule has 0 aromatic heterocycles. The highest BCUT2D eigenvalue weighted by Crippen LogP contribution is 2.19. The van der Waals surface area contributed by atoms with E-state index in [1.807, 2.05) is 32.7 Å². The molecule has 0 N–H and O–H groups in total. The van der Waals surface area contributed by atoms with E-state index in [-0.39, 0.29) is 11.4 Å². The van der Waals surface area contributed by atoms with E-state index in [0.717, 1.165) is 0 Å². The SMILES string of the molecule is C=C/C(F)=C(/C)N(C)C(C)(C)C. The molecule has 0 heterocycles. The topological polar surface area (TPSA) is 3.24 Å². The second kappa shape index (κ2) is 3.74. The Morgan fingerprint density at radius 1 is 1.42 bits per heavy atom. The van der Waals surface area contributed by atoms with Crippen LogP contribution in [0.3, 0.4) is 0 Å². The molecule has 0 bridgehead atoms. The Labute approximate surface area is 74.6 Å². The van der Waals surface area contributed by atoms with Crippen molar-refractivity contribution < 1.29 is 4.39 Å². The first-order chi connectivity index (χ1) is 5.30. The molecule has 0 saturated heterocycles. The highest BCUT2D eigenvalue weighted by Gasteiger charge is 2.18. The first kappa shape index (κ1) is 11.2. The molecule has 0 aromatic carbocycles. The first-order valence-electron chi connectivity index (χ1n) is 4.03. The Bertz CT molecular complexity index is 198. The minimum Gasteiger partial charge on any atom is -0.371 e. The Kier molecular flexibility index (Phi) is 3.50. The number of hydrogen-bond acceptors (Lipinski definition) is 1. The number of halogens is 1. The Hall–Kier alpha value is -0.790. The normalized spacial score (nSPS) is 13.8. The summed E-state index contributed by atoms with van der Waals surface area (Å²) in [6, 6.07) is 0. The van der Waals surface area contributed by atoms with Crippen LogP contribution >= 0.6 is 0 Å². The van der Waals surface area contributed by atoms with Gasteiger partial charge >= 0.3 is 0 Å². The fourth-order valence-electron chi connectivity index (χ4n) is 0.811. The van der Waals surface area contributed by atoms with Gasteiger partial charge in [-0.1, -0.05) is 6.58 Å². The van der Waals surface area contributed by atoms with Gasteiger partial charge in [-0.25, -0.2) is 4.39 Å². The fraction of sp³-hybridized carbons (Fsp3) is 0.600. The maximum Gasteiger partial charge on any atom is 0.141 e. The summed E-state index contributed by atoms with van der Waals surface area (Å²) >= 11 is 0. The van der Waals surface area contributed by atoms with Crippen LogP contribution in [0.15, 0.2) is 24.2 Å². The third-order valence-electron chi connectivity index (χ3n) is 2.03. The molecule has 0 aliphatic heterocycles. The van der Waals surface area contributed by atoms with Crippen molar-refractivity contribution in [3.8, 4) is 0 Å². The summed E-state index contributed by atoms with van der Waals surface area (Å²) in [5.74, 6) is -0.257. The maximum absolute atomic E-state index is 13.0. The third kappa shape index (κ3) is 2.68. The number of hydrogen-bond donors (Lipinski definition) is 0. The molecule has 0 atom stereocenters. The lowest BCUT2D eigenvalue weighted by Gasteiger charge is -2.34. The van der Waals surface area contributed by atoms with Gasteiger partial charge in [0.05, 0.1) is 0 Å². The lowest BCUT2D eigenvalue weighted by Crippen LogP contribution is -2.36. The minimum atomic E-state index is -0.257. The van der Waals surface area contributed by atoms with E-state index in [4.69, 9.17) is 0 Å². The van der Waals surface area contributed by atoms with Gasteiger partial charge in [0.2, 0.25) is 0 Å². The highest BCUT2D eigenvalue weighted by atomic mass is 19.1. The Morgan fingerprint density at radius 3 is 2.08 bits per heavy atom. The number of rotatable bonds is 2. The van der Waals surface area contributed by atoms with Crippen LogP contribution in [-0.2, 0) is 0 Å². The van der Waals surface area contributed by atoms with Gasteiger partial charge in [0.15, 0.2) is 0 Å². The summed E-state index contributed by atoms with van der Waals surface area (Å²) in [5.41, 5.74) is 0.572. The van der Waals surface area contributed by atoms with E-state index in [0.29, 0.717) is 5.70 Å². The zero-order valence-electron chi connectivity index (χ0n) is 8.61. The zero-order chi connectivity index (χ0) is 9.94. The predicted octanol–water partition coefficient (Wildman–Crippen LogP) is 3.10. The van der Waals surface area contributed by atoms with Gasteiger partial charge < -0.3 is 4.90 Å². The van der Waals surface area contributed by atoms with Crippen molar-refractivity contribution in [2.24, 2.45) is 0 Å². The zero-order valence-corrected chi connectivity index (χ0v) is 8.61. The first-order valence-corrected chi connectivity index (χ1v) is 4.03. The standard InChI is InChI=1S/C10H18FN/c1-7-9(11)8(2)12(6)10(3,4)5/h7H,1H2,2-6H3/b9-8+. The van der Waals surface area contributed by atoms with E-state index in [1.54, 1.807) is 6.92 Å². The van der Waals surface area contributed by atoms with Crippen molar-refractivity contribution in [2.45, 2.75) is 33.2 Å². The summed E-state index contributed by atoms with van der Waals surface area (Å²) in [7, 11) is 1.87. The smallest absolute Gasteiger partial charge is 0.141 e. The fourth-order valence-corrected chi connectivity index (χ4v) is 0.811. The van der Waals surface area contributed by atoms with Gasteiger partial charge in [-0.05, 0) is 33.8 Å². The average Bonchev–Trinajstić information content (AvgIpc) is 1.98. The molecule has 0 fully saturated rings. The summed E-state index contributed by atoms with van der Waals surface area (Å²) in [6.45, 7) is 11.2. The number of nitrogens with zero attached hydrogens (tertiary/aromatic N) is 1. The van der Waals surface area contributed by atoms with Crippen LogP contribution in [0.5, 0.6) is 0 Å². The lowest BCUT2D eigenvalue weighted by atomic mass is 10.1. The molecule has 0 amide bonds. The molecule has 0 aliphatic rings. The van der Waals surface area contributed by atoms with Gasteiger partial charge in [-0.15, -0.1) is 0 Å². The van der Waals surface area contributed by atoms with Crippen LogP contribution in [-0.4, -0.2) is 17.5 Å². The van der Waals surface area contributed by atoms with Gasteiger partial charge in [0.25, 0.3) is 0 Å². The van der Waals surface area contributed by atoms with Crippen LogP contribution in [0.25, 0.3) is 0 Å². The van der Waals surface area contributed by atoms with Crippen LogP contribution in [0.2, 0.25) is 0 Å². The van der Waals surface area contributed by atoms with Crippen molar-refractivity contribution in [3.63, 3.8) is 0 Å². The van der Waals surface area contributed by atoms with E-state index in [9.17, 15) is 4.39 Å². The molecule has 2 heteroatoms. The summed E-state index contributed by atoms with van der Waals surface area (Å²) < 4.78 is 13.0. The van der Waals surface area contributed by atoms with Gasteiger partial charge in [-0.2, -0.15) is 0 Å². The molecule has 70 valence electrons. The van der Waals surface area contributed by atoms with E-state index in [1.165, 1.54) is 6.08 Å². The summed E-state index contributed by atoms with van der Waals surface area (Å²) in [6.07, 6.45) is 1.23. The lowest BCUT2D eigenvalue weighted by molar-refractivity contribution is 0.222. The molecule has 0 radical (unpaired) electrons. The van der Waals surface area contributed by atoms with E-state index in [2.05, 4.69) is 6.58 Å². The molecule has 0 unspecified atom stereocenters. The quantitative estimate of drug-likeness (QED) is 0.577. The third-order valence-corrected chi connectivity index (χ3v) is 2.03. The minimum absolute atomic E-state index is 0.0512. The second-order valence-corrected chi connectivity index (χ2v) is 3.87. The average molecular weight is 171 g/mol. The van der Waals surface area contributed by atoms with Gasteiger partial charge in [0.1, 0.15) is 5.83 Å². The van der Waals surface area contributed by atoms with Crippen LogP contribution in [0.4, 0.5) is 4.39 Å². The van der Waals surface area contributed by atoms with Crippen LogP contribution in [0.1, 0.15) is 27.7 Å². The van der Waals surface area contributed by atoms with Crippen molar-refractivity contribution in [1.82, 2.24) is 4.90 Å². The second-order valence-electron chi connectivity index (χ2n) is 3.87. The molecule has 0 spiro atoms. The van der Waals surface area contributed by atoms with E-state index >= 15 is 0 Å². The molecule has 12 heavy (non-hydrogen) atoms. The molecular weight excluding hydrogens is 153 g/mol. The Balaban J connectivity index is 4.72. The summed E-state index contributed by atoms with van der Waals surface area (Å²) in [5, 5.41) is 0. The van der Waals surface area contributed by atoms with E-state index < -0.39 is 0 Å². The molecule has 0 rings (SSSR count). The predicted molar refractivity (Wildman–Crippen MR) is 51.5 cm³/mol. The molecular formula is C10H18FN. The van der Waals surface area contributed by atoms with Gasteiger partial charge in [0, 0.05) is 18.3 Å². The largest absolute Gasteiger partial charge is 0.371 e. The summed E-state index contributed by atoms with van der Waals surface area (Å²) in [4.78, 5) is 1.89. The monoisotopic (exact) mass is 171 g/mol. The van der Waals surface area contributed by atoms with Gasteiger partial charge in [-0.3, -0.25) is 0 Å². The number of allylic oxidation sites excluding steroid dienone is 3. The van der Waals surface area contributed by atoms with Crippen LogP contribution < -0.4 is 0 Å². The molecule has 0 aliphatic carbocycles. The molecule has 0 aromatic rings. The Morgan fingerprint density at radius 2 is 1.83 bits per heavy atom. The van der Waals surface area contributed by atoms with Crippen molar-refractivity contribution in [3.05, 3.63) is 24.2 Å². The van der Waals surface area contributed by atoms with Crippen LogP contribution in [0, 0.1) is 0 Å². The van der Waals surface area contributed by atoms with Crippen molar-refractivity contribution in [1.29, 1.82) is 0 Å². The molecule has 0 saturated carbocycles. The molecule has 1 nitrogen and oxygen atoms in total.